The van der Waals surface area contributed by atoms with E-state index in [2.05, 4.69) is 28.9 Å². The van der Waals surface area contributed by atoms with Crippen molar-refractivity contribution < 1.29 is 19.1 Å². The van der Waals surface area contributed by atoms with E-state index in [1.807, 2.05) is 41.9 Å². The van der Waals surface area contributed by atoms with Gasteiger partial charge in [0, 0.05) is 42.0 Å². The van der Waals surface area contributed by atoms with Crippen LogP contribution in [-0.2, 0) is 4.74 Å². The van der Waals surface area contributed by atoms with Crippen molar-refractivity contribution in [2.24, 2.45) is 5.16 Å². The van der Waals surface area contributed by atoms with Crippen molar-refractivity contribution in [3.8, 4) is 17.2 Å². The molecule has 0 aliphatic carbocycles. The minimum absolute atomic E-state index is 0.235. The smallest absolute Gasteiger partial charge is 0.155 e. The minimum atomic E-state index is 0.235. The maximum Gasteiger partial charge on any atom is 0.155 e. The average molecular weight is 452 g/mol. The molecule has 2 unspecified atom stereocenters. The van der Waals surface area contributed by atoms with Gasteiger partial charge in [-0.2, -0.15) is 0 Å². The fraction of sp³-hybridized carbons (Fsp3) is 0.333. The van der Waals surface area contributed by atoms with Crippen LogP contribution in [0.2, 0.25) is 0 Å². The van der Waals surface area contributed by atoms with E-state index in [1.54, 1.807) is 17.4 Å². The molecule has 0 radical (unpaired) electrons. The first-order chi connectivity index (χ1) is 15.6. The maximum absolute atomic E-state index is 9.64. The Balaban J connectivity index is 1.36. The van der Waals surface area contributed by atoms with E-state index in [0.29, 0.717) is 40.1 Å². The van der Waals surface area contributed by atoms with E-state index in [1.165, 1.54) is 0 Å². The summed E-state index contributed by atoms with van der Waals surface area (Å²) >= 11 is 1.65. The largest absolute Gasteiger partial charge is 0.492 e. The lowest BCUT2D eigenvalue weighted by atomic mass is 10.1. The van der Waals surface area contributed by atoms with Gasteiger partial charge in [0.2, 0.25) is 0 Å². The molecule has 0 amide bonds. The predicted octanol–water partition coefficient (Wildman–Crippen LogP) is 4.49. The summed E-state index contributed by atoms with van der Waals surface area (Å²) in [6.45, 7) is 7.40. The fourth-order valence-corrected chi connectivity index (χ4v) is 4.99. The summed E-state index contributed by atoms with van der Waals surface area (Å²) in [4.78, 5) is 6.85. The van der Waals surface area contributed by atoms with E-state index >= 15 is 0 Å². The Kier molecular flexibility index (Phi) is 5.82. The van der Waals surface area contributed by atoms with Gasteiger partial charge in [0.05, 0.1) is 17.6 Å². The van der Waals surface area contributed by atoms with Crippen molar-refractivity contribution in [2.75, 3.05) is 26.2 Å². The molecule has 1 saturated heterocycles. The summed E-state index contributed by atoms with van der Waals surface area (Å²) in [5, 5.41) is 17.3. The third-order valence-corrected chi connectivity index (χ3v) is 6.46. The lowest BCUT2D eigenvalue weighted by Gasteiger charge is -2.35. The minimum Gasteiger partial charge on any atom is -0.492 e. The molecule has 1 aromatic carbocycles. The Hall–Kier alpha value is -2.94. The number of ether oxygens (including phenoxy) is 2. The first-order valence-corrected chi connectivity index (χ1v) is 11.6. The molecule has 1 fully saturated rings. The van der Waals surface area contributed by atoms with E-state index < -0.39 is 0 Å². The number of benzene rings is 1. The number of morpholine rings is 1. The molecule has 0 spiro atoms. The van der Waals surface area contributed by atoms with Crippen molar-refractivity contribution in [3.63, 3.8) is 0 Å². The number of nitrogens with zero attached hydrogens (tertiary/aromatic N) is 3. The molecular formula is C24H25N3O4S. The summed E-state index contributed by atoms with van der Waals surface area (Å²) < 4.78 is 19.0. The van der Waals surface area contributed by atoms with Crippen LogP contribution < -0.4 is 10.1 Å². The summed E-state index contributed by atoms with van der Waals surface area (Å²) in [5.74, 6) is 1.25. The quantitative estimate of drug-likeness (QED) is 0.356. The topological polar surface area (TPSA) is 80.3 Å². The lowest BCUT2D eigenvalue weighted by molar-refractivity contribution is -0.0699. The highest BCUT2D eigenvalue weighted by molar-refractivity contribution is 7.17. The molecule has 3 aromatic heterocycles. The number of thiophene rings is 1. The molecule has 2 atom stereocenters. The number of pyridine rings is 1. The Morgan fingerprint density at radius 2 is 2.03 bits per heavy atom. The fourth-order valence-electron chi connectivity index (χ4n) is 4.20. The van der Waals surface area contributed by atoms with Crippen molar-refractivity contribution in [1.82, 2.24) is 9.88 Å². The van der Waals surface area contributed by atoms with Gasteiger partial charge in [-0.25, -0.2) is 0 Å². The first-order valence-electron chi connectivity index (χ1n) is 10.7. The van der Waals surface area contributed by atoms with Crippen LogP contribution in [0.5, 0.6) is 5.75 Å². The third kappa shape index (κ3) is 4.34. The van der Waals surface area contributed by atoms with Crippen molar-refractivity contribution in [3.05, 3.63) is 53.3 Å². The van der Waals surface area contributed by atoms with Gasteiger partial charge in [0.1, 0.15) is 29.0 Å². The number of fused-ring (bicyclic) bond motifs is 2. The zero-order valence-electron chi connectivity index (χ0n) is 18.0. The molecule has 0 bridgehead atoms. The van der Waals surface area contributed by atoms with E-state index in [-0.39, 0.29) is 12.2 Å². The number of rotatable bonds is 5. The predicted molar refractivity (Wildman–Crippen MR) is 124 cm³/mol. The highest BCUT2D eigenvalue weighted by Gasteiger charge is 2.21. The molecular weight excluding hydrogens is 426 g/mol. The van der Waals surface area contributed by atoms with E-state index in [9.17, 15) is 5.21 Å². The second-order valence-corrected chi connectivity index (χ2v) is 9.09. The third-order valence-electron chi connectivity index (χ3n) is 5.58. The summed E-state index contributed by atoms with van der Waals surface area (Å²) in [6.07, 6.45) is 2.29. The van der Waals surface area contributed by atoms with Crippen LogP contribution in [0.4, 0.5) is 0 Å². The van der Waals surface area contributed by atoms with Crippen molar-refractivity contribution in [1.29, 1.82) is 0 Å². The maximum atomic E-state index is 9.64. The summed E-state index contributed by atoms with van der Waals surface area (Å²) in [7, 11) is 0. The van der Waals surface area contributed by atoms with Gasteiger partial charge in [0.25, 0.3) is 0 Å². The van der Waals surface area contributed by atoms with Gasteiger partial charge in [0.15, 0.2) is 5.76 Å². The number of hydrogen-bond donors (Lipinski definition) is 1. The van der Waals surface area contributed by atoms with Crippen LogP contribution in [0.1, 0.15) is 13.8 Å². The Bertz CT molecular complexity index is 1310. The van der Waals surface area contributed by atoms with Crippen LogP contribution >= 0.6 is 11.3 Å². The summed E-state index contributed by atoms with van der Waals surface area (Å²) in [5.41, 5.74) is 1.30. The SMILES string of the molecule is CC1CN(CCOc2ccc3oc(-c4cc5sccc5cn4)c/c(=N/O)c3c2)CC(C)O1. The Morgan fingerprint density at radius 1 is 1.19 bits per heavy atom. The van der Waals surface area contributed by atoms with Gasteiger partial charge in [-0.05, 0) is 49.6 Å². The average Bonchev–Trinajstić information content (AvgIpc) is 3.25. The molecule has 166 valence electrons. The molecule has 4 aromatic rings. The molecule has 5 rings (SSSR count). The molecule has 8 heteroatoms. The monoisotopic (exact) mass is 451 g/mol. The summed E-state index contributed by atoms with van der Waals surface area (Å²) in [6, 6.07) is 11.3. The van der Waals surface area contributed by atoms with E-state index in [4.69, 9.17) is 13.9 Å². The number of hydrogen-bond acceptors (Lipinski definition) is 8. The highest BCUT2D eigenvalue weighted by Crippen LogP contribution is 2.27. The highest BCUT2D eigenvalue weighted by atomic mass is 32.1. The normalized spacial score (nSPS) is 20.2. The van der Waals surface area contributed by atoms with Crippen molar-refractivity contribution in [2.45, 2.75) is 26.1 Å². The van der Waals surface area contributed by atoms with Gasteiger partial charge in [-0.1, -0.05) is 5.16 Å². The molecule has 0 saturated carbocycles. The van der Waals surface area contributed by atoms with Crippen LogP contribution in [0.15, 0.2) is 57.5 Å². The lowest BCUT2D eigenvalue weighted by Crippen LogP contribution is -2.46. The Labute approximate surface area is 189 Å². The molecule has 32 heavy (non-hydrogen) atoms. The zero-order valence-corrected chi connectivity index (χ0v) is 18.8. The molecule has 1 aliphatic heterocycles. The van der Waals surface area contributed by atoms with Crippen molar-refractivity contribution >= 4 is 32.4 Å². The van der Waals surface area contributed by atoms with Crippen LogP contribution in [0.3, 0.4) is 0 Å². The standard InChI is InChI=1S/C24H25N3O4S/c1-15-13-27(14-16(2)30-15)6-7-29-18-3-4-22-19(9-18)20(26-28)10-23(31-22)21-11-24-17(12-25-21)5-8-32-24/h3-5,8-12,15-16,28H,6-7,13-14H2,1-2H3/b26-20-. The van der Waals surface area contributed by atoms with Gasteiger partial charge in [-0.15, -0.1) is 11.3 Å². The van der Waals surface area contributed by atoms with Gasteiger partial charge < -0.3 is 19.1 Å². The van der Waals surface area contributed by atoms with Gasteiger partial charge in [-0.3, -0.25) is 9.88 Å². The molecule has 4 heterocycles. The first kappa shape index (κ1) is 20.9. The Morgan fingerprint density at radius 3 is 2.84 bits per heavy atom. The van der Waals surface area contributed by atoms with Crippen LogP contribution in [0.25, 0.3) is 32.5 Å². The second kappa shape index (κ2) is 8.90. The zero-order chi connectivity index (χ0) is 22.1. The molecule has 7 nitrogen and oxygen atoms in total. The number of aromatic nitrogens is 1. The molecule has 1 N–H and O–H groups in total. The van der Waals surface area contributed by atoms with Crippen LogP contribution in [0, 0.1) is 0 Å². The van der Waals surface area contributed by atoms with E-state index in [0.717, 1.165) is 29.7 Å². The van der Waals surface area contributed by atoms with Gasteiger partial charge >= 0.3 is 0 Å². The molecule has 1 aliphatic rings. The second-order valence-electron chi connectivity index (χ2n) is 8.15. The van der Waals surface area contributed by atoms with Crippen LogP contribution in [-0.4, -0.2) is 53.5 Å².